The molecule has 5 rings (SSSR count). The highest BCUT2D eigenvalue weighted by Gasteiger charge is 2.38. The summed E-state index contributed by atoms with van der Waals surface area (Å²) in [5.41, 5.74) is 1.79. The minimum Gasteiger partial charge on any atom is -0.372 e. The van der Waals surface area contributed by atoms with E-state index in [1.165, 1.54) is 18.2 Å². The van der Waals surface area contributed by atoms with Gasteiger partial charge in [0.05, 0.1) is 22.7 Å². The number of aryl methyl sites for hydroxylation is 1. The maximum atomic E-state index is 13.7. The van der Waals surface area contributed by atoms with Crippen molar-refractivity contribution in [1.82, 2.24) is 14.3 Å². The molecule has 0 bridgehead atoms. The molecule has 2 aromatic rings. The molecular weight excluding hydrogens is 468 g/mol. The Hall–Kier alpha value is -2.23. The van der Waals surface area contributed by atoms with Crippen molar-refractivity contribution in [2.45, 2.75) is 71.1 Å². The third-order valence-corrected chi connectivity index (χ3v) is 8.15. The lowest BCUT2D eigenvalue weighted by molar-refractivity contribution is -0.124. The Morgan fingerprint density at radius 2 is 1.85 bits per heavy atom. The topological polar surface area (TPSA) is 67.2 Å². The van der Waals surface area contributed by atoms with Crippen LogP contribution >= 0.6 is 24.0 Å². The van der Waals surface area contributed by atoms with Crippen LogP contribution in [0.2, 0.25) is 0 Å². The highest BCUT2D eigenvalue weighted by atomic mass is 32.2. The number of fused-ring (bicyclic) bond motifs is 1. The molecule has 0 aromatic carbocycles. The van der Waals surface area contributed by atoms with Gasteiger partial charge in [0.2, 0.25) is 0 Å². The van der Waals surface area contributed by atoms with Gasteiger partial charge in [0, 0.05) is 25.3 Å². The van der Waals surface area contributed by atoms with Crippen LogP contribution in [0.1, 0.15) is 57.1 Å². The van der Waals surface area contributed by atoms with Crippen molar-refractivity contribution in [2.24, 2.45) is 0 Å². The van der Waals surface area contributed by atoms with Crippen LogP contribution in [0.15, 0.2) is 28.0 Å². The first-order chi connectivity index (χ1) is 16.3. The molecule has 0 unspecified atom stereocenters. The van der Waals surface area contributed by atoms with Gasteiger partial charge in [0.15, 0.2) is 0 Å². The van der Waals surface area contributed by atoms with Gasteiger partial charge in [-0.1, -0.05) is 49.3 Å². The van der Waals surface area contributed by atoms with Crippen molar-refractivity contribution < 1.29 is 9.53 Å². The fourth-order valence-corrected chi connectivity index (χ4v) is 6.67. The summed E-state index contributed by atoms with van der Waals surface area (Å²) in [6.45, 7) is 7.25. The summed E-state index contributed by atoms with van der Waals surface area (Å²) in [4.78, 5) is 36.5. The number of aromatic nitrogens is 2. The molecule has 7 nitrogen and oxygen atoms in total. The first-order valence-corrected chi connectivity index (χ1v) is 13.3. The van der Waals surface area contributed by atoms with E-state index in [4.69, 9.17) is 21.9 Å². The van der Waals surface area contributed by atoms with E-state index in [1.807, 2.05) is 32.9 Å². The molecule has 3 aliphatic rings. The average molecular weight is 499 g/mol. The number of hydrogen-bond acceptors (Lipinski definition) is 7. The first kappa shape index (κ1) is 23.5. The van der Waals surface area contributed by atoms with Crippen molar-refractivity contribution in [1.29, 1.82) is 0 Å². The molecule has 0 spiro atoms. The lowest BCUT2D eigenvalue weighted by Gasteiger charge is -2.36. The quantitative estimate of drug-likeness (QED) is 0.465. The molecule has 0 N–H and O–H groups in total. The van der Waals surface area contributed by atoms with Gasteiger partial charge >= 0.3 is 0 Å². The van der Waals surface area contributed by atoms with Gasteiger partial charge in [-0.15, -0.1) is 0 Å². The lowest BCUT2D eigenvalue weighted by atomic mass is 9.94. The maximum Gasteiger partial charge on any atom is 0.267 e. The number of carbonyl (C=O) groups excluding carboxylic acids is 1. The van der Waals surface area contributed by atoms with Gasteiger partial charge in [0.25, 0.3) is 11.5 Å². The zero-order valence-electron chi connectivity index (χ0n) is 19.8. The molecule has 1 amide bonds. The van der Waals surface area contributed by atoms with E-state index < -0.39 is 0 Å². The van der Waals surface area contributed by atoms with E-state index in [2.05, 4.69) is 4.90 Å². The van der Waals surface area contributed by atoms with Gasteiger partial charge in [-0.25, -0.2) is 4.98 Å². The molecule has 0 radical (unpaired) electrons. The maximum absolute atomic E-state index is 13.7. The first-order valence-electron chi connectivity index (χ1n) is 12.0. The minimum atomic E-state index is -0.182. The Balaban J connectivity index is 1.62. The number of rotatable bonds is 3. The van der Waals surface area contributed by atoms with Crippen LogP contribution in [0.4, 0.5) is 5.82 Å². The van der Waals surface area contributed by atoms with E-state index in [-0.39, 0.29) is 29.7 Å². The molecule has 2 aliphatic heterocycles. The number of morpholine rings is 1. The number of carbonyl (C=O) groups is 1. The lowest BCUT2D eigenvalue weighted by Crippen LogP contribution is -2.46. The monoisotopic (exact) mass is 498 g/mol. The van der Waals surface area contributed by atoms with Gasteiger partial charge in [-0.05, 0) is 51.3 Å². The number of thioether (sulfide) groups is 1. The molecule has 180 valence electrons. The largest absolute Gasteiger partial charge is 0.372 e. The number of hydrogen-bond donors (Lipinski definition) is 0. The van der Waals surface area contributed by atoms with Crippen LogP contribution in [0.3, 0.4) is 0 Å². The number of amides is 1. The molecule has 2 aromatic heterocycles. The van der Waals surface area contributed by atoms with Crippen molar-refractivity contribution in [3.05, 3.63) is 44.7 Å². The van der Waals surface area contributed by atoms with Crippen molar-refractivity contribution in [2.75, 3.05) is 18.0 Å². The van der Waals surface area contributed by atoms with E-state index in [9.17, 15) is 9.59 Å². The van der Waals surface area contributed by atoms with Crippen molar-refractivity contribution in [3.8, 4) is 0 Å². The summed E-state index contributed by atoms with van der Waals surface area (Å²) >= 11 is 6.90. The zero-order valence-corrected chi connectivity index (χ0v) is 21.5. The number of ether oxygens (including phenoxy) is 1. The Kier molecular flexibility index (Phi) is 6.52. The van der Waals surface area contributed by atoms with Crippen LogP contribution < -0.4 is 10.5 Å². The smallest absolute Gasteiger partial charge is 0.267 e. The predicted molar refractivity (Wildman–Crippen MR) is 140 cm³/mol. The van der Waals surface area contributed by atoms with Crippen LogP contribution in [0.25, 0.3) is 11.7 Å². The van der Waals surface area contributed by atoms with E-state index in [1.54, 1.807) is 21.6 Å². The molecule has 1 aliphatic carbocycles. The molecule has 2 atom stereocenters. The molecule has 4 heterocycles. The highest BCUT2D eigenvalue weighted by molar-refractivity contribution is 8.26. The standard InChI is InChI=1S/C25H30N4O3S2/c1-15-8-7-11-28-21(15)26-22(27-13-16(2)32-17(3)14-27)19(23(28)30)12-20-24(31)29(25(33)34-20)18-9-5-4-6-10-18/h7-8,11-12,16-18H,4-6,9-10,13-14H2,1-3H3/b20-12+/t16-,17-/m1/s1. The number of thiocarbonyl (C=S) groups is 1. The molecule has 1 saturated carbocycles. The Bertz CT molecular complexity index is 1220. The van der Waals surface area contributed by atoms with Gasteiger partial charge in [0.1, 0.15) is 15.8 Å². The second-order valence-corrected chi connectivity index (χ2v) is 11.2. The van der Waals surface area contributed by atoms with Crippen LogP contribution in [-0.4, -0.2) is 55.9 Å². The number of nitrogens with zero attached hydrogens (tertiary/aromatic N) is 4. The zero-order chi connectivity index (χ0) is 24.0. The van der Waals surface area contributed by atoms with Crippen LogP contribution in [0.5, 0.6) is 0 Å². The van der Waals surface area contributed by atoms with E-state index >= 15 is 0 Å². The fourth-order valence-electron chi connectivity index (χ4n) is 5.28. The third kappa shape index (κ3) is 4.29. The number of anilines is 1. The fraction of sp³-hybridized carbons (Fsp3) is 0.520. The molecule has 2 saturated heterocycles. The second kappa shape index (κ2) is 9.43. The van der Waals surface area contributed by atoms with Crippen LogP contribution in [0, 0.1) is 6.92 Å². The second-order valence-electron chi connectivity index (χ2n) is 9.54. The van der Waals surface area contributed by atoms with Crippen LogP contribution in [-0.2, 0) is 9.53 Å². The molecular formula is C25H30N4O3S2. The Labute approximate surface area is 209 Å². The van der Waals surface area contributed by atoms with Gasteiger partial charge < -0.3 is 9.64 Å². The highest BCUT2D eigenvalue weighted by Crippen LogP contribution is 2.38. The summed E-state index contributed by atoms with van der Waals surface area (Å²) in [7, 11) is 0. The summed E-state index contributed by atoms with van der Waals surface area (Å²) in [6, 6.07) is 3.95. The predicted octanol–water partition coefficient (Wildman–Crippen LogP) is 4.15. The van der Waals surface area contributed by atoms with Gasteiger partial charge in [-0.3, -0.25) is 18.9 Å². The normalized spacial score (nSPS) is 25.7. The van der Waals surface area contributed by atoms with E-state index in [0.29, 0.717) is 39.3 Å². The molecule has 9 heteroatoms. The average Bonchev–Trinajstić information content (AvgIpc) is 3.08. The summed E-state index contributed by atoms with van der Waals surface area (Å²) in [5.74, 6) is 0.509. The SMILES string of the molecule is Cc1cccn2c(=O)c(/C=C3/SC(=S)N(C4CCCCC4)C3=O)c(N3C[C@@H](C)O[C@H](C)C3)nc12. The molecule has 3 fully saturated rings. The summed E-state index contributed by atoms with van der Waals surface area (Å²) in [6.07, 6.45) is 8.88. The van der Waals surface area contributed by atoms with E-state index in [0.717, 1.165) is 31.2 Å². The Morgan fingerprint density at radius 3 is 2.56 bits per heavy atom. The molecule has 34 heavy (non-hydrogen) atoms. The minimum absolute atomic E-state index is 0.0123. The summed E-state index contributed by atoms with van der Waals surface area (Å²) in [5, 5.41) is 0. The Morgan fingerprint density at radius 1 is 1.15 bits per heavy atom. The summed E-state index contributed by atoms with van der Waals surface area (Å²) < 4.78 is 8.07. The van der Waals surface area contributed by atoms with Crippen molar-refractivity contribution >= 4 is 51.7 Å². The van der Waals surface area contributed by atoms with Crippen molar-refractivity contribution in [3.63, 3.8) is 0 Å². The third-order valence-electron chi connectivity index (χ3n) is 6.82. The number of pyridine rings is 1. The van der Waals surface area contributed by atoms with Gasteiger partial charge in [-0.2, -0.15) is 0 Å².